The van der Waals surface area contributed by atoms with Gasteiger partial charge in [0.25, 0.3) is 0 Å². The molecule has 1 saturated heterocycles. The van der Waals surface area contributed by atoms with Gasteiger partial charge in [-0.1, -0.05) is 12.1 Å². The number of benzene rings is 1. The maximum absolute atomic E-state index is 12.0. The van der Waals surface area contributed by atoms with E-state index in [4.69, 9.17) is 10.5 Å². The van der Waals surface area contributed by atoms with E-state index in [0.29, 0.717) is 13.0 Å². The zero-order valence-electron chi connectivity index (χ0n) is 13.9. The first-order chi connectivity index (χ1) is 11.6. The third-order valence-corrected chi connectivity index (χ3v) is 5.25. The van der Waals surface area contributed by atoms with Crippen molar-refractivity contribution >= 4 is 17.2 Å². The average molecular weight is 346 g/mol. The number of methoxy groups -OCH3 is 1. The first-order valence-corrected chi connectivity index (χ1v) is 8.73. The van der Waals surface area contributed by atoms with Crippen molar-refractivity contribution in [1.29, 1.82) is 0 Å². The summed E-state index contributed by atoms with van der Waals surface area (Å²) in [5.74, 6) is 0.835. The van der Waals surface area contributed by atoms with E-state index >= 15 is 0 Å². The van der Waals surface area contributed by atoms with Crippen LogP contribution < -0.4 is 15.8 Å². The third-order valence-electron chi connectivity index (χ3n) is 4.23. The number of hydrogen-bond acceptors (Lipinski definition) is 6. The van der Waals surface area contributed by atoms with Crippen LogP contribution in [0.5, 0.6) is 5.75 Å². The third kappa shape index (κ3) is 3.43. The van der Waals surface area contributed by atoms with Crippen LogP contribution in [0.1, 0.15) is 11.3 Å². The molecule has 24 heavy (non-hydrogen) atoms. The molecule has 1 aliphatic rings. The molecule has 3 N–H and O–H groups in total. The molecule has 2 aromatic rings. The molecule has 0 bridgehead atoms. The molecule has 0 aliphatic carbocycles. The van der Waals surface area contributed by atoms with Gasteiger partial charge in [0, 0.05) is 37.3 Å². The van der Waals surface area contributed by atoms with Crippen LogP contribution >= 0.6 is 11.3 Å². The number of rotatable bonds is 5. The lowest BCUT2D eigenvalue weighted by Crippen LogP contribution is -2.41. The van der Waals surface area contributed by atoms with Crippen molar-refractivity contribution in [3.8, 4) is 16.3 Å². The second kappa shape index (κ2) is 7.29. The quantitative estimate of drug-likeness (QED) is 0.857. The molecule has 1 aliphatic heterocycles. The van der Waals surface area contributed by atoms with Crippen LogP contribution in [0.15, 0.2) is 30.5 Å². The summed E-state index contributed by atoms with van der Waals surface area (Å²) in [7, 11) is 3.32. The molecule has 0 spiro atoms. The van der Waals surface area contributed by atoms with E-state index in [2.05, 4.69) is 15.2 Å². The molecule has 7 heteroatoms. The number of thiazole rings is 1. The first kappa shape index (κ1) is 16.9. The summed E-state index contributed by atoms with van der Waals surface area (Å²) >= 11 is 1.62. The highest BCUT2D eigenvalue weighted by Crippen LogP contribution is 2.33. The number of ether oxygens (including phenoxy) is 1. The number of likely N-dealkylation sites (tertiary alicyclic amines) is 1. The average Bonchev–Trinajstić information content (AvgIpc) is 3.21. The van der Waals surface area contributed by atoms with Crippen LogP contribution in [0.4, 0.5) is 0 Å². The Kier molecular flexibility index (Phi) is 5.13. The maximum Gasteiger partial charge on any atom is 0.237 e. The van der Waals surface area contributed by atoms with Crippen molar-refractivity contribution in [1.82, 2.24) is 15.2 Å². The number of hydrogen-bond donors (Lipinski definition) is 2. The lowest BCUT2D eigenvalue weighted by Gasteiger charge is -2.21. The Bertz CT molecular complexity index is 718. The van der Waals surface area contributed by atoms with Gasteiger partial charge in [-0.2, -0.15) is 0 Å². The van der Waals surface area contributed by atoms with E-state index in [1.807, 2.05) is 30.5 Å². The summed E-state index contributed by atoms with van der Waals surface area (Å²) in [4.78, 5) is 19.8. The topological polar surface area (TPSA) is 80.5 Å². The monoisotopic (exact) mass is 346 g/mol. The number of nitrogens with one attached hydrogen (secondary N) is 1. The molecule has 0 radical (unpaired) electrons. The lowest BCUT2D eigenvalue weighted by atomic mass is 10.1. The van der Waals surface area contributed by atoms with E-state index in [0.717, 1.165) is 27.7 Å². The van der Waals surface area contributed by atoms with Crippen LogP contribution in [0, 0.1) is 0 Å². The number of likely N-dealkylation sites (N-methyl/N-ethyl adjacent to an activating group) is 1. The first-order valence-electron chi connectivity index (χ1n) is 7.91. The minimum absolute atomic E-state index is 0.0254. The van der Waals surface area contributed by atoms with Crippen LogP contribution in [0.25, 0.3) is 10.6 Å². The number of para-hydroxylation sites is 1. The fourth-order valence-electron chi connectivity index (χ4n) is 3.08. The maximum atomic E-state index is 12.0. The van der Waals surface area contributed by atoms with Crippen molar-refractivity contribution in [2.45, 2.75) is 25.0 Å². The molecular weight excluding hydrogens is 324 g/mol. The number of carbonyl (C=O) groups is 1. The minimum Gasteiger partial charge on any atom is -0.496 e. The van der Waals surface area contributed by atoms with Gasteiger partial charge in [-0.15, -0.1) is 11.3 Å². The number of amides is 1. The summed E-state index contributed by atoms with van der Waals surface area (Å²) in [5, 5.41) is 3.64. The predicted octanol–water partition coefficient (Wildman–Crippen LogP) is 1.47. The molecule has 0 saturated carbocycles. The van der Waals surface area contributed by atoms with E-state index in [1.54, 1.807) is 25.5 Å². The van der Waals surface area contributed by atoms with Gasteiger partial charge in [0.15, 0.2) is 0 Å². The van der Waals surface area contributed by atoms with Crippen molar-refractivity contribution in [3.63, 3.8) is 0 Å². The number of nitrogens with zero attached hydrogens (tertiary/aromatic N) is 2. The van der Waals surface area contributed by atoms with Crippen LogP contribution in [-0.2, 0) is 11.3 Å². The SMILES string of the molecule is CNC(=O)[C@@H]1C[C@@H](N)CN1Cc1cnc(-c2ccccc2OC)s1. The zero-order chi connectivity index (χ0) is 17.1. The van der Waals surface area contributed by atoms with Crippen molar-refractivity contribution in [3.05, 3.63) is 35.3 Å². The summed E-state index contributed by atoms with van der Waals surface area (Å²) in [6.45, 7) is 1.40. The predicted molar refractivity (Wildman–Crippen MR) is 95.0 cm³/mol. The molecule has 1 amide bonds. The Labute approximate surface area is 145 Å². The van der Waals surface area contributed by atoms with E-state index in [-0.39, 0.29) is 18.0 Å². The van der Waals surface area contributed by atoms with Gasteiger partial charge in [-0.3, -0.25) is 9.69 Å². The Morgan fingerprint density at radius 1 is 1.50 bits per heavy atom. The van der Waals surface area contributed by atoms with Crippen LogP contribution in [-0.4, -0.2) is 48.6 Å². The smallest absolute Gasteiger partial charge is 0.237 e. The molecule has 1 fully saturated rings. The van der Waals surface area contributed by atoms with Gasteiger partial charge in [0.05, 0.1) is 18.7 Å². The fourth-order valence-corrected chi connectivity index (χ4v) is 4.05. The Hall–Kier alpha value is -1.96. The largest absolute Gasteiger partial charge is 0.496 e. The molecule has 2 atom stereocenters. The Morgan fingerprint density at radius 3 is 3.04 bits per heavy atom. The Balaban J connectivity index is 1.77. The Morgan fingerprint density at radius 2 is 2.29 bits per heavy atom. The number of aromatic nitrogens is 1. The van der Waals surface area contributed by atoms with Gasteiger partial charge in [0.2, 0.25) is 5.91 Å². The lowest BCUT2D eigenvalue weighted by molar-refractivity contribution is -0.125. The zero-order valence-corrected chi connectivity index (χ0v) is 14.7. The molecular formula is C17H22N4O2S. The summed E-state index contributed by atoms with van der Waals surface area (Å²) in [6.07, 6.45) is 2.56. The molecule has 1 aromatic carbocycles. The van der Waals surface area contributed by atoms with Crippen molar-refractivity contribution in [2.24, 2.45) is 5.73 Å². The summed E-state index contributed by atoms with van der Waals surface area (Å²) in [6, 6.07) is 7.71. The second-order valence-corrected chi connectivity index (χ2v) is 7.00. The standard InChI is InChI=1S/C17H22N4O2S/c1-19-16(22)14-7-11(18)9-21(14)10-12-8-20-17(24-12)13-5-3-4-6-15(13)23-2/h3-6,8,11,14H,7,9-10,18H2,1-2H3,(H,19,22)/t11-,14+/m1/s1. The van der Waals surface area contributed by atoms with Gasteiger partial charge < -0.3 is 15.8 Å². The number of nitrogens with two attached hydrogens (primary N) is 1. The second-order valence-electron chi connectivity index (χ2n) is 5.89. The molecule has 2 heterocycles. The van der Waals surface area contributed by atoms with E-state index < -0.39 is 0 Å². The van der Waals surface area contributed by atoms with Gasteiger partial charge in [-0.05, 0) is 18.6 Å². The van der Waals surface area contributed by atoms with Crippen LogP contribution in [0.2, 0.25) is 0 Å². The molecule has 0 unspecified atom stereocenters. The van der Waals surface area contributed by atoms with Gasteiger partial charge in [-0.25, -0.2) is 4.98 Å². The van der Waals surface area contributed by atoms with Gasteiger partial charge >= 0.3 is 0 Å². The summed E-state index contributed by atoms with van der Waals surface area (Å²) < 4.78 is 5.41. The van der Waals surface area contributed by atoms with E-state index in [9.17, 15) is 4.79 Å². The van der Waals surface area contributed by atoms with Gasteiger partial charge in [0.1, 0.15) is 10.8 Å². The van der Waals surface area contributed by atoms with Crippen LogP contribution in [0.3, 0.4) is 0 Å². The number of carbonyl (C=O) groups excluding carboxylic acids is 1. The fraction of sp³-hybridized carbons (Fsp3) is 0.412. The highest BCUT2D eigenvalue weighted by molar-refractivity contribution is 7.15. The minimum atomic E-state index is -0.165. The molecule has 1 aromatic heterocycles. The van der Waals surface area contributed by atoms with Crippen molar-refractivity contribution in [2.75, 3.05) is 20.7 Å². The molecule has 3 rings (SSSR count). The van der Waals surface area contributed by atoms with Crippen molar-refractivity contribution < 1.29 is 9.53 Å². The molecule has 6 nitrogen and oxygen atoms in total. The normalized spacial score (nSPS) is 21.0. The highest BCUT2D eigenvalue weighted by Gasteiger charge is 2.34. The summed E-state index contributed by atoms with van der Waals surface area (Å²) in [5.41, 5.74) is 7.03. The molecule has 128 valence electrons. The highest BCUT2D eigenvalue weighted by atomic mass is 32.1. The van der Waals surface area contributed by atoms with E-state index in [1.165, 1.54) is 0 Å².